The zero-order chi connectivity index (χ0) is 19.2. The van der Waals surface area contributed by atoms with Crippen LogP contribution in [0.15, 0.2) is 48.5 Å². The van der Waals surface area contributed by atoms with Crippen molar-refractivity contribution >= 4 is 17.5 Å². The highest BCUT2D eigenvalue weighted by molar-refractivity contribution is 5.92. The number of amides is 2. The second kappa shape index (κ2) is 8.82. The smallest absolute Gasteiger partial charge is 0.238 e. The second-order valence-electron chi connectivity index (χ2n) is 7.17. The van der Waals surface area contributed by atoms with E-state index in [-0.39, 0.29) is 11.8 Å². The summed E-state index contributed by atoms with van der Waals surface area (Å²) in [7, 11) is 0. The first-order valence-corrected chi connectivity index (χ1v) is 9.42. The number of aryl methyl sites for hydroxylation is 2. The quantitative estimate of drug-likeness (QED) is 0.886. The minimum absolute atomic E-state index is 0.0152. The second-order valence-corrected chi connectivity index (χ2v) is 7.17. The third-order valence-corrected chi connectivity index (χ3v) is 5.03. The molecule has 1 saturated heterocycles. The van der Waals surface area contributed by atoms with Crippen LogP contribution in [0.3, 0.4) is 0 Å². The molecule has 1 N–H and O–H groups in total. The number of anilines is 1. The summed E-state index contributed by atoms with van der Waals surface area (Å²) >= 11 is 0. The van der Waals surface area contributed by atoms with Crippen molar-refractivity contribution in [3.05, 3.63) is 65.2 Å². The van der Waals surface area contributed by atoms with Crippen LogP contribution in [0.25, 0.3) is 0 Å². The summed E-state index contributed by atoms with van der Waals surface area (Å²) in [6.07, 6.45) is 0.445. The zero-order valence-corrected chi connectivity index (χ0v) is 16.1. The van der Waals surface area contributed by atoms with Gasteiger partial charge in [-0.05, 0) is 37.1 Å². The molecular weight excluding hydrogens is 338 g/mol. The van der Waals surface area contributed by atoms with Crippen LogP contribution in [0.1, 0.15) is 16.7 Å². The fourth-order valence-electron chi connectivity index (χ4n) is 3.28. The molecule has 2 aromatic rings. The predicted molar refractivity (Wildman–Crippen MR) is 108 cm³/mol. The molecule has 0 bridgehead atoms. The van der Waals surface area contributed by atoms with Gasteiger partial charge in [0.2, 0.25) is 11.8 Å². The Hall–Kier alpha value is -2.66. The van der Waals surface area contributed by atoms with E-state index >= 15 is 0 Å². The summed E-state index contributed by atoms with van der Waals surface area (Å²) in [4.78, 5) is 28.8. The van der Waals surface area contributed by atoms with Crippen LogP contribution >= 0.6 is 0 Å². The molecule has 0 radical (unpaired) electrons. The summed E-state index contributed by atoms with van der Waals surface area (Å²) in [6.45, 7) is 7.19. The van der Waals surface area contributed by atoms with Gasteiger partial charge in [-0.2, -0.15) is 0 Å². The highest BCUT2D eigenvalue weighted by Gasteiger charge is 2.22. The number of hydrogen-bond donors (Lipinski definition) is 1. The molecule has 0 unspecified atom stereocenters. The van der Waals surface area contributed by atoms with Crippen molar-refractivity contribution in [1.29, 1.82) is 0 Å². The molecule has 0 aromatic heterocycles. The van der Waals surface area contributed by atoms with Crippen LogP contribution in [0.5, 0.6) is 0 Å². The largest absolute Gasteiger partial charge is 0.340 e. The minimum Gasteiger partial charge on any atom is -0.340 e. The number of nitrogens with one attached hydrogen (secondary N) is 1. The Morgan fingerprint density at radius 2 is 1.59 bits per heavy atom. The molecule has 142 valence electrons. The average Bonchev–Trinajstić information content (AvgIpc) is 2.66. The highest BCUT2D eigenvalue weighted by atomic mass is 16.2. The van der Waals surface area contributed by atoms with Crippen molar-refractivity contribution in [3.63, 3.8) is 0 Å². The van der Waals surface area contributed by atoms with Crippen molar-refractivity contribution in [2.45, 2.75) is 20.3 Å². The topological polar surface area (TPSA) is 52.7 Å². The molecule has 0 atom stereocenters. The van der Waals surface area contributed by atoms with Gasteiger partial charge in [0, 0.05) is 31.9 Å². The standard InChI is InChI=1S/C22H27N3O2/c1-17-7-9-20(10-8-17)23-21(26)16-24-11-13-25(14-12-24)22(27)15-19-6-4-3-5-18(19)2/h3-10H,11-16H2,1-2H3,(H,23,26). The maximum absolute atomic E-state index is 12.5. The maximum atomic E-state index is 12.5. The molecule has 2 aromatic carbocycles. The SMILES string of the molecule is Cc1ccc(NC(=O)CN2CCN(C(=O)Cc3ccccc3C)CC2)cc1. The Morgan fingerprint density at radius 1 is 0.926 bits per heavy atom. The van der Waals surface area contributed by atoms with Gasteiger partial charge in [0.15, 0.2) is 0 Å². The van der Waals surface area contributed by atoms with Crippen LogP contribution in [0, 0.1) is 13.8 Å². The van der Waals surface area contributed by atoms with E-state index < -0.39 is 0 Å². The first-order chi connectivity index (χ1) is 13.0. The third kappa shape index (κ3) is 5.41. The van der Waals surface area contributed by atoms with Gasteiger partial charge in [-0.1, -0.05) is 42.0 Å². The van der Waals surface area contributed by atoms with Crippen molar-refractivity contribution < 1.29 is 9.59 Å². The van der Waals surface area contributed by atoms with Gasteiger partial charge in [0.25, 0.3) is 0 Å². The zero-order valence-electron chi connectivity index (χ0n) is 16.1. The van der Waals surface area contributed by atoms with Crippen molar-refractivity contribution in [3.8, 4) is 0 Å². The normalized spacial score (nSPS) is 14.8. The van der Waals surface area contributed by atoms with E-state index in [1.807, 2.05) is 67.3 Å². The average molecular weight is 365 g/mol. The molecule has 1 heterocycles. The molecule has 3 rings (SSSR count). The van der Waals surface area contributed by atoms with E-state index in [1.165, 1.54) is 5.56 Å². The fourth-order valence-corrected chi connectivity index (χ4v) is 3.28. The Balaban J connectivity index is 1.44. The number of rotatable bonds is 5. The number of carbonyl (C=O) groups is 2. The lowest BCUT2D eigenvalue weighted by Crippen LogP contribution is -2.50. The first kappa shape index (κ1) is 19.1. The van der Waals surface area contributed by atoms with Gasteiger partial charge in [-0.25, -0.2) is 0 Å². The van der Waals surface area contributed by atoms with Gasteiger partial charge in [0.1, 0.15) is 0 Å². The minimum atomic E-state index is -0.0152. The number of benzene rings is 2. The van der Waals surface area contributed by atoms with Crippen LogP contribution in [0.4, 0.5) is 5.69 Å². The van der Waals surface area contributed by atoms with Gasteiger partial charge in [-0.15, -0.1) is 0 Å². The highest BCUT2D eigenvalue weighted by Crippen LogP contribution is 2.12. The molecule has 2 amide bonds. The summed E-state index contributed by atoms with van der Waals surface area (Å²) in [6, 6.07) is 15.8. The van der Waals surface area contributed by atoms with Gasteiger partial charge >= 0.3 is 0 Å². The Kier molecular flexibility index (Phi) is 6.24. The van der Waals surface area contributed by atoms with Crippen molar-refractivity contribution in [2.24, 2.45) is 0 Å². The summed E-state index contributed by atoms with van der Waals surface area (Å²) in [5, 5.41) is 2.93. The fraction of sp³-hybridized carbons (Fsp3) is 0.364. The van der Waals surface area contributed by atoms with Crippen LogP contribution in [-0.4, -0.2) is 54.3 Å². The Bertz CT molecular complexity index is 793. The predicted octanol–water partition coefficient (Wildman–Crippen LogP) is 2.63. The Labute approximate surface area is 161 Å². The molecule has 1 aliphatic heterocycles. The molecule has 27 heavy (non-hydrogen) atoms. The number of nitrogens with zero attached hydrogens (tertiary/aromatic N) is 2. The van der Waals surface area contributed by atoms with Crippen LogP contribution < -0.4 is 5.32 Å². The summed E-state index contributed by atoms with van der Waals surface area (Å²) < 4.78 is 0. The van der Waals surface area contributed by atoms with E-state index in [0.29, 0.717) is 26.1 Å². The molecule has 5 nitrogen and oxygen atoms in total. The van der Waals surface area contributed by atoms with E-state index in [4.69, 9.17) is 0 Å². The van der Waals surface area contributed by atoms with Gasteiger partial charge in [0.05, 0.1) is 13.0 Å². The molecule has 5 heteroatoms. The summed E-state index contributed by atoms with van der Waals surface area (Å²) in [5.74, 6) is 0.145. The van der Waals surface area contributed by atoms with Crippen molar-refractivity contribution in [1.82, 2.24) is 9.80 Å². The van der Waals surface area contributed by atoms with Crippen LogP contribution in [-0.2, 0) is 16.0 Å². The van der Waals surface area contributed by atoms with E-state index in [2.05, 4.69) is 10.2 Å². The molecule has 1 aliphatic rings. The molecule has 0 aliphatic carbocycles. The molecule has 0 spiro atoms. The van der Waals surface area contributed by atoms with E-state index in [1.54, 1.807) is 0 Å². The van der Waals surface area contributed by atoms with Crippen molar-refractivity contribution in [2.75, 3.05) is 38.0 Å². The van der Waals surface area contributed by atoms with Gasteiger partial charge < -0.3 is 10.2 Å². The number of piperazine rings is 1. The molecule has 1 fully saturated rings. The van der Waals surface area contributed by atoms with Gasteiger partial charge in [-0.3, -0.25) is 14.5 Å². The lowest BCUT2D eigenvalue weighted by atomic mass is 10.1. The lowest BCUT2D eigenvalue weighted by molar-refractivity contribution is -0.132. The number of carbonyl (C=O) groups excluding carboxylic acids is 2. The van der Waals surface area contributed by atoms with E-state index in [9.17, 15) is 9.59 Å². The van der Waals surface area contributed by atoms with Crippen LogP contribution in [0.2, 0.25) is 0 Å². The third-order valence-electron chi connectivity index (χ3n) is 5.03. The monoisotopic (exact) mass is 365 g/mol. The maximum Gasteiger partial charge on any atom is 0.238 e. The first-order valence-electron chi connectivity index (χ1n) is 9.42. The lowest BCUT2D eigenvalue weighted by Gasteiger charge is -2.34. The van der Waals surface area contributed by atoms with E-state index in [0.717, 1.165) is 29.9 Å². The molecule has 0 saturated carbocycles. The number of hydrogen-bond acceptors (Lipinski definition) is 3. The molecular formula is C22H27N3O2. The summed E-state index contributed by atoms with van der Waals surface area (Å²) in [5.41, 5.74) is 4.22. The Morgan fingerprint density at radius 3 is 2.26 bits per heavy atom.